The van der Waals surface area contributed by atoms with Gasteiger partial charge in [-0.2, -0.15) is 0 Å². The molecule has 15 heavy (non-hydrogen) atoms. The number of aryl methyl sites for hydroxylation is 1. The van der Waals surface area contributed by atoms with Gasteiger partial charge in [0.25, 0.3) is 0 Å². The van der Waals surface area contributed by atoms with Gasteiger partial charge in [0.15, 0.2) is 5.78 Å². The van der Waals surface area contributed by atoms with E-state index in [0.717, 1.165) is 12.0 Å². The maximum Gasteiger partial charge on any atom is 0.163 e. The van der Waals surface area contributed by atoms with Gasteiger partial charge in [0, 0.05) is 6.61 Å². The normalized spacial score (nSPS) is 12.5. The highest BCUT2D eigenvalue weighted by Gasteiger charge is 2.16. The smallest absolute Gasteiger partial charge is 0.163 e. The Morgan fingerprint density at radius 3 is 2.40 bits per heavy atom. The first kappa shape index (κ1) is 11.9. The van der Waals surface area contributed by atoms with Crippen molar-refractivity contribution in [3.8, 4) is 0 Å². The third kappa shape index (κ3) is 3.48. The topological polar surface area (TPSA) is 26.3 Å². The van der Waals surface area contributed by atoms with E-state index in [1.54, 1.807) is 6.92 Å². The fraction of sp³-hybridized carbons (Fsp3) is 0.462. The summed E-state index contributed by atoms with van der Waals surface area (Å²) in [7, 11) is 0. The lowest BCUT2D eigenvalue weighted by molar-refractivity contribution is -0.128. The summed E-state index contributed by atoms with van der Waals surface area (Å²) in [6, 6.07) is 7.91. The van der Waals surface area contributed by atoms with Crippen LogP contribution in [0.2, 0.25) is 0 Å². The van der Waals surface area contributed by atoms with Crippen molar-refractivity contribution in [1.29, 1.82) is 0 Å². The lowest BCUT2D eigenvalue weighted by Gasteiger charge is -2.15. The van der Waals surface area contributed by atoms with E-state index in [9.17, 15) is 4.79 Å². The maximum atomic E-state index is 11.4. The molecule has 0 N–H and O–H groups in total. The average Bonchev–Trinajstić information content (AvgIpc) is 2.21. The predicted molar refractivity (Wildman–Crippen MR) is 60.8 cm³/mol. The first-order chi connectivity index (χ1) is 7.15. The van der Waals surface area contributed by atoms with Crippen LogP contribution in [-0.2, 0) is 9.53 Å². The molecule has 0 amide bonds. The molecule has 0 bridgehead atoms. The number of Topliss-reactive ketones (excluding diaryl/α,β-unsaturated/α-hetero) is 1. The monoisotopic (exact) mass is 206 g/mol. The van der Waals surface area contributed by atoms with Crippen molar-refractivity contribution < 1.29 is 9.53 Å². The number of ketones is 1. The van der Waals surface area contributed by atoms with E-state index in [2.05, 4.69) is 0 Å². The van der Waals surface area contributed by atoms with Crippen molar-refractivity contribution in [1.82, 2.24) is 0 Å². The van der Waals surface area contributed by atoms with Gasteiger partial charge in [-0.1, -0.05) is 36.8 Å². The molecule has 1 aromatic carbocycles. The van der Waals surface area contributed by atoms with Gasteiger partial charge in [-0.15, -0.1) is 0 Å². The van der Waals surface area contributed by atoms with E-state index in [1.807, 2.05) is 38.1 Å². The van der Waals surface area contributed by atoms with Crippen molar-refractivity contribution >= 4 is 5.78 Å². The van der Waals surface area contributed by atoms with Crippen molar-refractivity contribution in [3.63, 3.8) is 0 Å². The second kappa shape index (κ2) is 5.66. The Kier molecular flexibility index (Phi) is 4.50. The summed E-state index contributed by atoms with van der Waals surface area (Å²) < 4.78 is 5.53. The van der Waals surface area contributed by atoms with Crippen LogP contribution < -0.4 is 0 Å². The zero-order chi connectivity index (χ0) is 11.3. The minimum absolute atomic E-state index is 0.0623. The Hall–Kier alpha value is -1.15. The van der Waals surface area contributed by atoms with Crippen LogP contribution in [0.25, 0.3) is 0 Å². The second-order valence-corrected chi connectivity index (χ2v) is 3.77. The number of carbonyl (C=O) groups is 1. The lowest BCUT2D eigenvalue weighted by Crippen LogP contribution is -2.13. The first-order valence-corrected chi connectivity index (χ1v) is 5.33. The molecule has 0 fully saturated rings. The summed E-state index contributed by atoms with van der Waals surface area (Å²) >= 11 is 0. The number of hydrogen-bond acceptors (Lipinski definition) is 2. The Morgan fingerprint density at radius 1 is 1.33 bits per heavy atom. The molecule has 0 aliphatic heterocycles. The highest BCUT2D eigenvalue weighted by atomic mass is 16.5. The second-order valence-electron chi connectivity index (χ2n) is 3.77. The summed E-state index contributed by atoms with van der Waals surface area (Å²) in [5.74, 6) is 0.0623. The standard InChI is InChI=1S/C13H18O2/c1-4-9-15-13(11(3)14)12-7-5-10(2)6-8-12/h5-8,13H,4,9H2,1-3H3. The van der Waals surface area contributed by atoms with E-state index < -0.39 is 6.10 Å². The Balaban J connectivity index is 2.79. The molecule has 0 spiro atoms. The maximum absolute atomic E-state index is 11.4. The van der Waals surface area contributed by atoms with Gasteiger partial charge in [0.05, 0.1) is 0 Å². The Labute approximate surface area is 91.3 Å². The lowest BCUT2D eigenvalue weighted by atomic mass is 10.0. The van der Waals surface area contributed by atoms with Gasteiger partial charge < -0.3 is 4.74 Å². The van der Waals surface area contributed by atoms with E-state index in [1.165, 1.54) is 5.56 Å². The quantitative estimate of drug-likeness (QED) is 0.740. The molecule has 0 aliphatic carbocycles. The Morgan fingerprint density at radius 2 is 1.93 bits per heavy atom. The number of hydrogen-bond donors (Lipinski definition) is 0. The van der Waals surface area contributed by atoms with Crippen LogP contribution in [0.15, 0.2) is 24.3 Å². The molecule has 82 valence electrons. The fourth-order valence-corrected chi connectivity index (χ4v) is 1.43. The van der Waals surface area contributed by atoms with Gasteiger partial charge in [0.1, 0.15) is 6.10 Å². The van der Waals surface area contributed by atoms with Gasteiger partial charge in [0.2, 0.25) is 0 Å². The molecule has 1 rings (SSSR count). The first-order valence-electron chi connectivity index (χ1n) is 5.33. The number of ether oxygens (including phenoxy) is 1. The summed E-state index contributed by atoms with van der Waals surface area (Å²) in [6.45, 7) is 6.25. The highest BCUT2D eigenvalue weighted by Crippen LogP contribution is 2.19. The van der Waals surface area contributed by atoms with E-state index in [-0.39, 0.29) is 5.78 Å². The van der Waals surface area contributed by atoms with Crippen LogP contribution in [0.4, 0.5) is 0 Å². The molecule has 1 atom stereocenters. The fourth-order valence-electron chi connectivity index (χ4n) is 1.43. The van der Waals surface area contributed by atoms with Gasteiger partial charge in [-0.25, -0.2) is 0 Å². The van der Waals surface area contributed by atoms with Crippen LogP contribution in [0, 0.1) is 6.92 Å². The highest BCUT2D eigenvalue weighted by molar-refractivity contribution is 5.81. The largest absolute Gasteiger partial charge is 0.366 e. The SMILES string of the molecule is CCCOC(C(C)=O)c1ccc(C)cc1. The van der Waals surface area contributed by atoms with Crippen LogP contribution in [0.3, 0.4) is 0 Å². The summed E-state index contributed by atoms with van der Waals surface area (Å²) in [5.41, 5.74) is 2.14. The average molecular weight is 206 g/mol. The number of carbonyl (C=O) groups excluding carboxylic acids is 1. The van der Waals surface area contributed by atoms with Gasteiger partial charge >= 0.3 is 0 Å². The van der Waals surface area contributed by atoms with Crippen LogP contribution >= 0.6 is 0 Å². The molecular formula is C13H18O2. The zero-order valence-corrected chi connectivity index (χ0v) is 9.62. The molecule has 0 aliphatic rings. The van der Waals surface area contributed by atoms with Crippen LogP contribution in [0.5, 0.6) is 0 Å². The predicted octanol–water partition coefficient (Wildman–Crippen LogP) is 3.05. The number of benzene rings is 1. The molecule has 1 aromatic rings. The van der Waals surface area contributed by atoms with Crippen molar-refractivity contribution in [2.24, 2.45) is 0 Å². The van der Waals surface area contributed by atoms with E-state index >= 15 is 0 Å². The zero-order valence-electron chi connectivity index (χ0n) is 9.62. The van der Waals surface area contributed by atoms with Crippen molar-refractivity contribution in [2.45, 2.75) is 33.3 Å². The molecule has 1 unspecified atom stereocenters. The van der Waals surface area contributed by atoms with E-state index in [4.69, 9.17) is 4.74 Å². The van der Waals surface area contributed by atoms with Crippen molar-refractivity contribution in [2.75, 3.05) is 6.61 Å². The third-order valence-electron chi connectivity index (χ3n) is 2.24. The molecule has 0 saturated heterocycles. The molecule has 0 aromatic heterocycles. The summed E-state index contributed by atoms with van der Waals surface area (Å²) in [6.07, 6.45) is 0.529. The summed E-state index contributed by atoms with van der Waals surface area (Å²) in [5, 5.41) is 0. The number of rotatable bonds is 5. The molecule has 0 saturated carbocycles. The Bertz CT molecular complexity index is 314. The molecule has 2 nitrogen and oxygen atoms in total. The molecule has 0 heterocycles. The molecule has 2 heteroatoms. The molecule has 0 radical (unpaired) electrons. The molecular weight excluding hydrogens is 188 g/mol. The van der Waals surface area contributed by atoms with Crippen LogP contribution in [-0.4, -0.2) is 12.4 Å². The summed E-state index contributed by atoms with van der Waals surface area (Å²) in [4.78, 5) is 11.4. The van der Waals surface area contributed by atoms with Crippen LogP contribution in [0.1, 0.15) is 37.5 Å². The third-order valence-corrected chi connectivity index (χ3v) is 2.24. The minimum Gasteiger partial charge on any atom is -0.366 e. The van der Waals surface area contributed by atoms with E-state index in [0.29, 0.717) is 6.61 Å². The minimum atomic E-state index is -0.398. The van der Waals surface area contributed by atoms with Gasteiger partial charge in [-0.05, 0) is 25.8 Å². The van der Waals surface area contributed by atoms with Crippen molar-refractivity contribution in [3.05, 3.63) is 35.4 Å². The van der Waals surface area contributed by atoms with Gasteiger partial charge in [-0.3, -0.25) is 4.79 Å².